The molecule has 1 nitrogen and oxygen atoms in total. The number of hydrogen-bond acceptors (Lipinski definition) is 1. The Morgan fingerprint density at radius 2 is 1.36 bits per heavy atom. The summed E-state index contributed by atoms with van der Waals surface area (Å²) in [6.07, 6.45) is 0. The fourth-order valence-corrected chi connectivity index (χ4v) is 6.08. The Labute approximate surface area is 72.1 Å². The van der Waals surface area contributed by atoms with E-state index < -0.39 is 0 Å². The van der Waals surface area contributed by atoms with Crippen molar-refractivity contribution in [3.05, 3.63) is 0 Å². The van der Waals surface area contributed by atoms with Gasteiger partial charge in [0.2, 0.25) is 0 Å². The normalized spacial score (nSPS) is 87.5. The van der Waals surface area contributed by atoms with E-state index in [1.165, 1.54) is 41.4 Å². The van der Waals surface area contributed by atoms with Crippen LogP contribution in [0.5, 0.6) is 0 Å². The molecule has 0 heterocycles. The van der Waals surface area contributed by atoms with Crippen LogP contribution in [0, 0.1) is 46.8 Å². The molecule has 6 saturated carbocycles. The molecule has 60 valence electrons. The van der Waals surface area contributed by atoms with E-state index in [0.29, 0.717) is 0 Å². The maximum absolute atomic E-state index is 5.82. The van der Waals surface area contributed by atoms with Gasteiger partial charge < -0.3 is 5.73 Å². The summed E-state index contributed by atoms with van der Waals surface area (Å²) in [7, 11) is 0. The fraction of sp³-hybridized carbons (Fsp3) is 1.00. The average molecular weight is 170 g/mol. The van der Waals surface area contributed by atoms with Gasteiger partial charge in [-0.2, -0.15) is 0 Å². The Balaban J connectivity index is 0.000000392. The second-order valence-corrected chi connectivity index (χ2v) is 5.20. The maximum atomic E-state index is 5.82. The van der Waals surface area contributed by atoms with Crippen LogP contribution in [0.4, 0.5) is 0 Å². The molecule has 0 aromatic carbocycles. The molecule has 6 aliphatic carbocycles. The third kappa shape index (κ3) is 0.213. The van der Waals surface area contributed by atoms with Crippen molar-refractivity contribution in [2.24, 2.45) is 52.6 Å². The molecule has 0 radical (unpaired) electrons. The number of halogens is 1. The Morgan fingerprint density at radius 3 is 1.64 bits per heavy atom. The molecule has 0 aromatic rings. The molecule has 11 heavy (non-hydrogen) atoms. The van der Waals surface area contributed by atoms with E-state index in [9.17, 15) is 0 Å². The van der Waals surface area contributed by atoms with Crippen molar-refractivity contribution in [2.75, 3.05) is 6.54 Å². The average Bonchev–Trinajstić information content (AvgIpc) is 2.05. The summed E-state index contributed by atoms with van der Waals surface area (Å²) in [5.74, 6) is 8.44. The van der Waals surface area contributed by atoms with E-state index in [4.69, 9.17) is 5.73 Å². The van der Waals surface area contributed by atoms with Gasteiger partial charge in [-0.1, -0.05) is 0 Å². The summed E-state index contributed by atoms with van der Waals surface area (Å²) in [4.78, 5) is 0. The minimum atomic E-state index is 0. The summed E-state index contributed by atoms with van der Waals surface area (Å²) < 4.78 is 0. The van der Waals surface area contributed by atoms with Gasteiger partial charge in [0.25, 0.3) is 0 Å². The Morgan fingerprint density at radius 1 is 0.909 bits per heavy atom. The molecule has 6 fully saturated rings. The van der Waals surface area contributed by atoms with Crippen molar-refractivity contribution >= 4 is 12.4 Å². The Hall–Kier alpha value is 0.250. The second-order valence-electron chi connectivity index (χ2n) is 5.20. The Kier molecular flexibility index (Phi) is 0.581. The van der Waals surface area contributed by atoms with Crippen molar-refractivity contribution in [1.82, 2.24) is 0 Å². The van der Waals surface area contributed by atoms with Gasteiger partial charge in [-0.15, -0.1) is 12.4 Å². The van der Waals surface area contributed by atoms with Crippen LogP contribution in [0.15, 0.2) is 0 Å². The predicted molar refractivity (Wildman–Crippen MR) is 43.2 cm³/mol. The molecule has 2 N–H and O–H groups in total. The minimum absolute atomic E-state index is 0. The van der Waals surface area contributed by atoms with Gasteiger partial charge in [0, 0.05) is 0 Å². The third-order valence-corrected chi connectivity index (χ3v) is 6.04. The van der Waals surface area contributed by atoms with Crippen LogP contribution < -0.4 is 5.73 Å². The molecular weight excluding hydrogens is 158 g/mol. The first kappa shape index (κ1) is 5.82. The van der Waals surface area contributed by atoms with Crippen molar-refractivity contribution in [2.45, 2.75) is 0 Å². The molecule has 6 aliphatic rings. The highest BCUT2D eigenvalue weighted by Crippen LogP contribution is 3.05. The molecule has 0 saturated heterocycles. The summed E-state index contributed by atoms with van der Waals surface area (Å²) in [5.41, 5.74) is 6.61. The number of hydrogen-bond donors (Lipinski definition) is 1. The van der Waals surface area contributed by atoms with Crippen molar-refractivity contribution in [1.29, 1.82) is 0 Å². The van der Waals surface area contributed by atoms with E-state index in [0.717, 1.165) is 12.0 Å². The topological polar surface area (TPSA) is 26.0 Å². The monoisotopic (exact) mass is 169 g/mol. The molecule has 0 amide bonds. The molecule has 0 aromatic heterocycles. The lowest BCUT2D eigenvalue weighted by atomic mass is 8.96. The summed E-state index contributed by atoms with van der Waals surface area (Å²) in [6, 6.07) is 0. The van der Waals surface area contributed by atoms with Crippen LogP contribution in [0.1, 0.15) is 0 Å². The molecule has 0 spiro atoms. The molecule has 0 bridgehead atoms. The van der Waals surface area contributed by atoms with Crippen LogP contribution in [0.25, 0.3) is 0 Å². The molecule has 6 rings (SSSR count). The van der Waals surface area contributed by atoms with Crippen LogP contribution in [-0.2, 0) is 0 Å². The standard InChI is InChI=1S/C9H11N.ClH/c10-1-9-6-3-2-4(6)8(9)5(2)7(3)9;/h2-8H,1,10H2;1H. The minimum Gasteiger partial charge on any atom is -0.330 e. The van der Waals surface area contributed by atoms with Crippen LogP contribution in [0.2, 0.25) is 0 Å². The number of rotatable bonds is 1. The van der Waals surface area contributed by atoms with Crippen LogP contribution in [-0.4, -0.2) is 6.54 Å². The largest absolute Gasteiger partial charge is 0.330 e. The molecule has 2 heteroatoms. The quantitative estimate of drug-likeness (QED) is 0.616. The van der Waals surface area contributed by atoms with Gasteiger partial charge in [0.05, 0.1) is 0 Å². The lowest BCUT2D eigenvalue weighted by Gasteiger charge is -3.08. The maximum Gasteiger partial charge on any atom is -0.00119 e. The Bertz CT molecular complexity index is 224. The fourth-order valence-electron chi connectivity index (χ4n) is 6.08. The molecular formula is C9H12ClN. The highest BCUT2D eigenvalue weighted by molar-refractivity contribution is 5.85. The van der Waals surface area contributed by atoms with Crippen molar-refractivity contribution in [3.8, 4) is 0 Å². The number of nitrogens with two attached hydrogens (primary N) is 1. The highest BCUT2D eigenvalue weighted by atomic mass is 35.5. The van der Waals surface area contributed by atoms with Gasteiger partial charge in [0.1, 0.15) is 0 Å². The zero-order chi connectivity index (χ0) is 6.25. The van der Waals surface area contributed by atoms with E-state index in [1.807, 2.05) is 0 Å². The molecule has 0 unspecified atom stereocenters. The van der Waals surface area contributed by atoms with Gasteiger partial charge in [-0.25, -0.2) is 0 Å². The van der Waals surface area contributed by atoms with E-state index in [-0.39, 0.29) is 12.4 Å². The molecule has 0 aliphatic heterocycles. The lowest BCUT2D eigenvalue weighted by molar-refractivity contribution is -0.611. The van der Waals surface area contributed by atoms with Gasteiger partial charge in [-0.3, -0.25) is 0 Å². The van der Waals surface area contributed by atoms with Gasteiger partial charge in [0.15, 0.2) is 0 Å². The van der Waals surface area contributed by atoms with E-state index in [1.54, 1.807) is 0 Å². The third-order valence-electron chi connectivity index (χ3n) is 6.04. The van der Waals surface area contributed by atoms with E-state index >= 15 is 0 Å². The zero-order valence-electron chi connectivity index (χ0n) is 6.23. The van der Waals surface area contributed by atoms with Crippen LogP contribution in [0.3, 0.4) is 0 Å². The van der Waals surface area contributed by atoms with Gasteiger partial charge in [-0.05, 0) is 53.4 Å². The first-order chi connectivity index (χ1) is 4.93. The second kappa shape index (κ2) is 1.10. The first-order valence-electron chi connectivity index (χ1n) is 4.63. The predicted octanol–water partition coefficient (Wildman–Crippen LogP) is 0.735. The summed E-state index contributed by atoms with van der Waals surface area (Å²) in [6.45, 7) is 1.03. The lowest BCUT2D eigenvalue weighted by Crippen LogP contribution is -3.06. The smallest absolute Gasteiger partial charge is 0.00119 e. The van der Waals surface area contributed by atoms with E-state index in [2.05, 4.69) is 0 Å². The van der Waals surface area contributed by atoms with Crippen molar-refractivity contribution < 1.29 is 0 Å². The molecule has 0 atom stereocenters. The SMILES string of the molecule is Cl.NCC12C3C4C5C3C1C5C42. The summed E-state index contributed by atoms with van der Waals surface area (Å²) >= 11 is 0. The summed E-state index contributed by atoms with van der Waals surface area (Å²) in [5, 5.41) is 0. The van der Waals surface area contributed by atoms with Crippen molar-refractivity contribution in [3.63, 3.8) is 0 Å². The zero-order valence-corrected chi connectivity index (χ0v) is 7.05. The van der Waals surface area contributed by atoms with Crippen LogP contribution >= 0.6 is 12.4 Å². The van der Waals surface area contributed by atoms with Gasteiger partial charge >= 0.3 is 0 Å². The first-order valence-corrected chi connectivity index (χ1v) is 4.63. The highest BCUT2D eigenvalue weighted by Gasteiger charge is 3.03.